The number of benzene rings is 3. The number of anilines is 1. The fourth-order valence-corrected chi connectivity index (χ4v) is 4.44. The number of carbonyl (C=O) groups is 2. The van der Waals surface area contributed by atoms with Gasteiger partial charge in [0.1, 0.15) is 5.82 Å². The van der Waals surface area contributed by atoms with E-state index in [4.69, 9.17) is 0 Å². The molecule has 0 aliphatic heterocycles. The van der Waals surface area contributed by atoms with Gasteiger partial charge in [-0.25, -0.2) is 4.39 Å². The van der Waals surface area contributed by atoms with Gasteiger partial charge in [0.05, 0.1) is 16.7 Å². The highest BCUT2D eigenvalue weighted by molar-refractivity contribution is 6.06. The number of amides is 2. The number of nitrogens with zero attached hydrogens (tertiary/aromatic N) is 2. The van der Waals surface area contributed by atoms with Crippen molar-refractivity contribution in [3.8, 4) is 16.8 Å². The third kappa shape index (κ3) is 4.32. The average molecular weight is 507 g/mol. The lowest BCUT2D eigenvalue weighted by Gasteiger charge is -2.15. The Labute approximate surface area is 217 Å². The zero-order chi connectivity index (χ0) is 27.0. The molecule has 0 radical (unpaired) electrons. The van der Waals surface area contributed by atoms with Crippen LogP contribution in [0.15, 0.2) is 90.4 Å². The minimum atomic E-state index is -0.544. The summed E-state index contributed by atoms with van der Waals surface area (Å²) in [4.78, 5) is 41.6. The number of halogens is 1. The Morgan fingerprint density at radius 1 is 1.03 bits per heavy atom. The first kappa shape index (κ1) is 24.6. The third-order valence-electron chi connectivity index (χ3n) is 6.41. The molecule has 7 nitrogen and oxygen atoms in total. The molecule has 0 unspecified atom stereocenters. The van der Waals surface area contributed by atoms with Crippen LogP contribution in [0.5, 0.6) is 0 Å². The smallest absolute Gasteiger partial charge is 0.255 e. The quantitative estimate of drug-likeness (QED) is 0.255. The average Bonchev–Trinajstić information content (AvgIpc) is 2.93. The summed E-state index contributed by atoms with van der Waals surface area (Å²) >= 11 is 0. The number of aromatic nitrogens is 2. The van der Waals surface area contributed by atoms with Crippen molar-refractivity contribution in [1.29, 1.82) is 0 Å². The minimum absolute atomic E-state index is 0.217. The second-order valence-electron chi connectivity index (χ2n) is 8.77. The Balaban J connectivity index is 1.75. The summed E-state index contributed by atoms with van der Waals surface area (Å²) in [5.74, 6) is -1.29. The van der Waals surface area contributed by atoms with E-state index < -0.39 is 5.82 Å². The molecule has 0 atom stereocenters. The molecule has 2 N–H and O–H groups in total. The first-order chi connectivity index (χ1) is 18.3. The molecule has 0 saturated carbocycles. The molecule has 5 rings (SSSR count). The lowest BCUT2D eigenvalue weighted by atomic mass is 10.00. The number of fused-ring (bicyclic) bond motifs is 3. The Morgan fingerprint density at radius 3 is 2.58 bits per heavy atom. The lowest BCUT2D eigenvalue weighted by Crippen LogP contribution is -2.18. The molecule has 0 aliphatic rings. The standard InChI is InChI=1S/C30H23FN4O3/c1-4-27(36)34-26-15-21(9-5-17(26)2)35-28(37)12-8-20-16-33-25-11-7-18(13-23(25)29(20)35)22-10-6-19(14-24(22)31)30(38)32-3/h4-16H,1H2,2-3H3,(H,32,38)(H,34,36). The molecule has 188 valence electrons. The van der Waals surface area contributed by atoms with Gasteiger partial charge in [0.25, 0.3) is 11.5 Å². The Morgan fingerprint density at radius 2 is 1.84 bits per heavy atom. The van der Waals surface area contributed by atoms with Crippen molar-refractivity contribution in [3.63, 3.8) is 0 Å². The molecule has 8 heteroatoms. The van der Waals surface area contributed by atoms with Crippen molar-refractivity contribution in [2.45, 2.75) is 6.92 Å². The van der Waals surface area contributed by atoms with E-state index in [1.165, 1.54) is 25.3 Å². The molecule has 0 fully saturated rings. The molecule has 5 aromatic rings. The summed E-state index contributed by atoms with van der Waals surface area (Å²) in [6.45, 7) is 5.34. The van der Waals surface area contributed by atoms with Crippen LogP contribution in [0.4, 0.5) is 10.1 Å². The van der Waals surface area contributed by atoms with E-state index >= 15 is 4.39 Å². The maximum Gasteiger partial charge on any atom is 0.255 e. The zero-order valence-electron chi connectivity index (χ0n) is 20.7. The van der Waals surface area contributed by atoms with Gasteiger partial charge in [-0.05, 0) is 66.6 Å². The molecule has 38 heavy (non-hydrogen) atoms. The second-order valence-corrected chi connectivity index (χ2v) is 8.77. The number of hydrogen-bond donors (Lipinski definition) is 2. The van der Waals surface area contributed by atoms with Crippen molar-refractivity contribution in [3.05, 3.63) is 113 Å². The maximum atomic E-state index is 15.1. The van der Waals surface area contributed by atoms with Crippen LogP contribution in [0, 0.1) is 12.7 Å². The first-order valence-corrected chi connectivity index (χ1v) is 11.8. The number of aryl methyl sites for hydroxylation is 1. The van der Waals surface area contributed by atoms with Crippen LogP contribution in [0.2, 0.25) is 0 Å². The summed E-state index contributed by atoms with van der Waals surface area (Å²) in [6, 6.07) is 18.1. The van der Waals surface area contributed by atoms with E-state index in [1.807, 2.05) is 13.0 Å². The maximum absolute atomic E-state index is 15.1. The monoisotopic (exact) mass is 506 g/mol. The molecular weight excluding hydrogens is 483 g/mol. The largest absolute Gasteiger partial charge is 0.355 e. The van der Waals surface area contributed by atoms with E-state index in [0.29, 0.717) is 44.3 Å². The Kier molecular flexibility index (Phi) is 6.30. The molecular formula is C30H23FN4O3. The van der Waals surface area contributed by atoms with Gasteiger partial charge in [0.15, 0.2) is 0 Å². The molecule has 3 aromatic carbocycles. The molecule has 2 aromatic heterocycles. The molecule has 2 heterocycles. The van der Waals surface area contributed by atoms with Gasteiger partial charge in [-0.15, -0.1) is 0 Å². The summed E-state index contributed by atoms with van der Waals surface area (Å²) in [5, 5.41) is 6.61. The molecule has 2 amide bonds. The SMILES string of the molecule is C=CC(=O)Nc1cc(-n2c(=O)ccc3cnc4ccc(-c5ccc(C(=O)NC)cc5F)cc4c32)ccc1C. The number of pyridine rings is 2. The van der Waals surface area contributed by atoms with Crippen LogP contribution in [0.1, 0.15) is 15.9 Å². The van der Waals surface area contributed by atoms with E-state index in [0.717, 1.165) is 5.56 Å². The molecule has 0 aliphatic carbocycles. The van der Waals surface area contributed by atoms with E-state index in [-0.39, 0.29) is 22.9 Å². The fourth-order valence-electron chi connectivity index (χ4n) is 4.44. The number of carbonyl (C=O) groups excluding carboxylic acids is 2. The van der Waals surface area contributed by atoms with Gasteiger partial charge in [0.2, 0.25) is 5.91 Å². The molecule has 0 saturated heterocycles. The van der Waals surface area contributed by atoms with Gasteiger partial charge in [-0.2, -0.15) is 0 Å². The summed E-state index contributed by atoms with van der Waals surface area (Å²) in [6.07, 6.45) is 2.86. The van der Waals surface area contributed by atoms with Crippen LogP contribution in [-0.4, -0.2) is 28.4 Å². The van der Waals surface area contributed by atoms with Crippen molar-refractivity contribution in [1.82, 2.24) is 14.9 Å². The zero-order valence-corrected chi connectivity index (χ0v) is 20.7. The topological polar surface area (TPSA) is 93.1 Å². The fraction of sp³-hybridized carbons (Fsp3) is 0.0667. The van der Waals surface area contributed by atoms with Crippen molar-refractivity contribution in [2.75, 3.05) is 12.4 Å². The number of nitrogens with one attached hydrogen (secondary N) is 2. The van der Waals surface area contributed by atoms with Crippen LogP contribution < -0.4 is 16.2 Å². The van der Waals surface area contributed by atoms with Crippen molar-refractivity contribution in [2.24, 2.45) is 0 Å². The van der Waals surface area contributed by atoms with Crippen LogP contribution in [0.25, 0.3) is 38.6 Å². The van der Waals surface area contributed by atoms with Gasteiger partial charge in [-0.3, -0.25) is 23.9 Å². The summed E-state index contributed by atoms with van der Waals surface area (Å²) < 4.78 is 16.6. The highest BCUT2D eigenvalue weighted by Crippen LogP contribution is 2.31. The van der Waals surface area contributed by atoms with E-state index in [2.05, 4.69) is 22.2 Å². The highest BCUT2D eigenvalue weighted by atomic mass is 19.1. The van der Waals surface area contributed by atoms with Gasteiger partial charge >= 0.3 is 0 Å². The Bertz CT molecular complexity index is 1840. The van der Waals surface area contributed by atoms with Crippen LogP contribution in [0.3, 0.4) is 0 Å². The second kappa shape index (κ2) is 9.74. The van der Waals surface area contributed by atoms with Gasteiger partial charge < -0.3 is 10.6 Å². The normalized spacial score (nSPS) is 10.9. The predicted octanol–water partition coefficient (Wildman–Crippen LogP) is 5.14. The summed E-state index contributed by atoms with van der Waals surface area (Å²) in [7, 11) is 1.49. The highest BCUT2D eigenvalue weighted by Gasteiger charge is 2.15. The summed E-state index contributed by atoms with van der Waals surface area (Å²) in [5.41, 5.74) is 3.95. The van der Waals surface area contributed by atoms with Gasteiger partial charge in [0, 0.05) is 46.9 Å². The number of hydrogen-bond acceptors (Lipinski definition) is 4. The van der Waals surface area contributed by atoms with Gasteiger partial charge in [-0.1, -0.05) is 24.8 Å². The van der Waals surface area contributed by atoms with Crippen molar-refractivity contribution < 1.29 is 14.0 Å². The molecule has 0 bridgehead atoms. The van der Waals surface area contributed by atoms with E-state index in [1.54, 1.807) is 59.3 Å². The Hall–Kier alpha value is -5.11. The minimum Gasteiger partial charge on any atom is -0.355 e. The number of rotatable bonds is 5. The van der Waals surface area contributed by atoms with E-state index in [9.17, 15) is 14.4 Å². The first-order valence-electron chi connectivity index (χ1n) is 11.8. The predicted molar refractivity (Wildman–Crippen MR) is 147 cm³/mol. The van der Waals surface area contributed by atoms with Crippen LogP contribution >= 0.6 is 0 Å². The lowest BCUT2D eigenvalue weighted by molar-refractivity contribution is -0.111. The van der Waals surface area contributed by atoms with Crippen LogP contribution in [-0.2, 0) is 4.79 Å². The molecule has 0 spiro atoms. The third-order valence-corrected chi connectivity index (χ3v) is 6.41. The van der Waals surface area contributed by atoms with Crippen molar-refractivity contribution >= 4 is 39.3 Å².